The number of carbonyl (C=O) groups excluding carboxylic acids is 1. The van der Waals surface area contributed by atoms with E-state index >= 15 is 0 Å². The van der Waals surface area contributed by atoms with Gasteiger partial charge in [-0.2, -0.15) is 0 Å². The summed E-state index contributed by atoms with van der Waals surface area (Å²) in [6.45, 7) is 3.74. The molecular weight excluding hydrogens is 320 g/mol. The molecule has 0 saturated heterocycles. The van der Waals surface area contributed by atoms with Crippen molar-refractivity contribution in [2.24, 2.45) is 0 Å². The molecule has 0 fully saturated rings. The van der Waals surface area contributed by atoms with Crippen LogP contribution in [0.5, 0.6) is 0 Å². The number of carboxylic acid groups (broad SMARTS) is 1. The van der Waals surface area contributed by atoms with Crippen LogP contribution in [0.1, 0.15) is 32.1 Å². The Morgan fingerprint density at radius 2 is 1.80 bits per heavy atom. The minimum absolute atomic E-state index is 0.152. The number of carboxylic acids is 1. The number of aromatic nitrogens is 3. The quantitative estimate of drug-likeness (QED) is 0.763. The fourth-order valence-corrected chi connectivity index (χ4v) is 2.43. The Balaban J connectivity index is 1.82. The molecule has 1 aromatic heterocycles. The third-order valence-corrected chi connectivity index (χ3v) is 3.75. The molecule has 0 aliphatic rings. The lowest BCUT2D eigenvalue weighted by atomic mass is 10.2. The first-order chi connectivity index (χ1) is 12.0. The molecule has 0 bridgehead atoms. The highest BCUT2D eigenvalue weighted by Crippen LogP contribution is 2.16. The molecule has 7 nitrogen and oxygen atoms in total. The van der Waals surface area contributed by atoms with E-state index in [9.17, 15) is 9.59 Å². The van der Waals surface area contributed by atoms with Crippen molar-refractivity contribution in [2.75, 3.05) is 5.32 Å². The zero-order valence-corrected chi connectivity index (χ0v) is 13.7. The number of benzene rings is 2. The van der Waals surface area contributed by atoms with Crippen molar-refractivity contribution < 1.29 is 14.7 Å². The van der Waals surface area contributed by atoms with E-state index in [-0.39, 0.29) is 11.3 Å². The van der Waals surface area contributed by atoms with Crippen molar-refractivity contribution in [3.8, 4) is 5.69 Å². The van der Waals surface area contributed by atoms with E-state index < -0.39 is 11.9 Å². The number of carbonyl (C=O) groups is 2. The first-order valence-electron chi connectivity index (χ1n) is 7.60. The molecule has 25 heavy (non-hydrogen) atoms. The van der Waals surface area contributed by atoms with Crippen molar-refractivity contribution in [1.82, 2.24) is 15.0 Å². The van der Waals surface area contributed by atoms with Gasteiger partial charge in [-0.25, -0.2) is 9.48 Å². The first kappa shape index (κ1) is 16.4. The predicted octanol–water partition coefficient (Wildman–Crippen LogP) is 2.83. The van der Waals surface area contributed by atoms with Crippen LogP contribution in [-0.4, -0.2) is 32.0 Å². The standard InChI is InChI=1S/C18H16N4O3/c1-11-4-3-5-15(10-11)22-12(2)16(20-21-22)17(23)19-14-8-6-13(7-9-14)18(24)25/h3-10H,1-2H3,(H,19,23)(H,24,25). The minimum atomic E-state index is -1.02. The van der Waals surface area contributed by atoms with Gasteiger partial charge in [-0.3, -0.25) is 4.79 Å². The van der Waals surface area contributed by atoms with Crippen molar-refractivity contribution in [1.29, 1.82) is 0 Å². The second-order valence-corrected chi connectivity index (χ2v) is 5.61. The van der Waals surface area contributed by atoms with Crippen LogP contribution in [0.4, 0.5) is 5.69 Å². The molecule has 126 valence electrons. The Morgan fingerprint density at radius 3 is 2.44 bits per heavy atom. The minimum Gasteiger partial charge on any atom is -0.478 e. The summed E-state index contributed by atoms with van der Waals surface area (Å²) >= 11 is 0. The Labute approximate surface area is 143 Å². The van der Waals surface area contributed by atoms with Crippen molar-refractivity contribution >= 4 is 17.6 Å². The summed E-state index contributed by atoms with van der Waals surface area (Å²) in [5.41, 5.74) is 3.37. The van der Waals surface area contributed by atoms with Gasteiger partial charge >= 0.3 is 5.97 Å². The van der Waals surface area contributed by atoms with Gasteiger partial charge in [-0.1, -0.05) is 17.3 Å². The molecule has 0 radical (unpaired) electrons. The van der Waals surface area contributed by atoms with Gasteiger partial charge in [0.05, 0.1) is 16.9 Å². The molecule has 3 aromatic rings. The summed E-state index contributed by atoms with van der Waals surface area (Å²) in [7, 11) is 0. The monoisotopic (exact) mass is 336 g/mol. The maximum Gasteiger partial charge on any atom is 0.335 e. The van der Waals surface area contributed by atoms with Gasteiger partial charge in [0, 0.05) is 5.69 Å². The normalized spacial score (nSPS) is 10.5. The van der Waals surface area contributed by atoms with Crippen LogP contribution in [0.15, 0.2) is 48.5 Å². The van der Waals surface area contributed by atoms with Gasteiger partial charge in [0.1, 0.15) is 0 Å². The predicted molar refractivity (Wildman–Crippen MR) is 92.2 cm³/mol. The van der Waals surface area contributed by atoms with E-state index in [1.807, 2.05) is 31.2 Å². The molecule has 2 N–H and O–H groups in total. The summed E-state index contributed by atoms with van der Waals surface area (Å²) in [6.07, 6.45) is 0. The van der Waals surface area contributed by atoms with E-state index in [4.69, 9.17) is 5.11 Å². The average Bonchev–Trinajstić information content (AvgIpc) is 2.97. The van der Waals surface area contributed by atoms with Gasteiger partial charge in [0.25, 0.3) is 5.91 Å². The molecule has 1 heterocycles. The van der Waals surface area contributed by atoms with E-state index in [1.54, 1.807) is 11.6 Å². The molecule has 0 aliphatic carbocycles. The fourth-order valence-electron chi connectivity index (χ4n) is 2.43. The number of hydrogen-bond acceptors (Lipinski definition) is 4. The van der Waals surface area contributed by atoms with E-state index in [0.29, 0.717) is 11.4 Å². The Bertz CT molecular complexity index is 945. The summed E-state index contributed by atoms with van der Waals surface area (Å²) in [5, 5.41) is 19.6. The van der Waals surface area contributed by atoms with E-state index in [1.165, 1.54) is 24.3 Å². The maximum absolute atomic E-state index is 12.4. The maximum atomic E-state index is 12.4. The Kier molecular flexibility index (Phi) is 4.30. The number of aryl methyl sites for hydroxylation is 1. The van der Waals surface area contributed by atoms with E-state index in [2.05, 4.69) is 15.6 Å². The number of nitrogens with zero attached hydrogens (tertiary/aromatic N) is 3. The van der Waals surface area contributed by atoms with Crippen LogP contribution in [0.25, 0.3) is 5.69 Å². The van der Waals surface area contributed by atoms with Crippen molar-refractivity contribution in [3.05, 3.63) is 71.0 Å². The lowest BCUT2D eigenvalue weighted by Gasteiger charge is -2.06. The molecule has 0 saturated carbocycles. The number of nitrogens with one attached hydrogen (secondary N) is 1. The lowest BCUT2D eigenvalue weighted by Crippen LogP contribution is -2.14. The molecule has 0 spiro atoms. The highest BCUT2D eigenvalue weighted by Gasteiger charge is 2.17. The van der Waals surface area contributed by atoms with Gasteiger partial charge in [0.15, 0.2) is 5.69 Å². The molecule has 1 amide bonds. The number of anilines is 1. The van der Waals surface area contributed by atoms with Gasteiger partial charge < -0.3 is 10.4 Å². The second-order valence-electron chi connectivity index (χ2n) is 5.61. The van der Waals surface area contributed by atoms with Crippen LogP contribution in [-0.2, 0) is 0 Å². The molecule has 7 heteroatoms. The molecule has 2 aromatic carbocycles. The number of rotatable bonds is 4. The van der Waals surface area contributed by atoms with Crippen LogP contribution >= 0.6 is 0 Å². The third kappa shape index (κ3) is 3.40. The average molecular weight is 336 g/mol. The zero-order valence-electron chi connectivity index (χ0n) is 13.7. The number of aromatic carboxylic acids is 1. The molecular formula is C18H16N4O3. The van der Waals surface area contributed by atoms with Gasteiger partial charge in [-0.05, 0) is 55.8 Å². The van der Waals surface area contributed by atoms with Gasteiger partial charge in [-0.15, -0.1) is 5.10 Å². The molecule has 0 aliphatic heterocycles. The van der Waals surface area contributed by atoms with Crippen LogP contribution in [0.3, 0.4) is 0 Å². The van der Waals surface area contributed by atoms with Crippen LogP contribution in [0, 0.1) is 13.8 Å². The number of hydrogen-bond donors (Lipinski definition) is 2. The Hall–Kier alpha value is -3.48. The Morgan fingerprint density at radius 1 is 1.08 bits per heavy atom. The summed E-state index contributed by atoms with van der Waals surface area (Å²) < 4.78 is 1.61. The smallest absolute Gasteiger partial charge is 0.335 e. The number of amides is 1. The summed E-state index contributed by atoms with van der Waals surface area (Å²) in [6, 6.07) is 13.6. The highest BCUT2D eigenvalue weighted by molar-refractivity contribution is 6.03. The van der Waals surface area contributed by atoms with Crippen molar-refractivity contribution in [2.45, 2.75) is 13.8 Å². The van der Waals surface area contributed by atoms with Crippen LogP contribution < -0.4 is 5.32 Å². The topological polar surface area (TPSA) is 97.1 Å². The summed E-state index contributed by atoms with van der Waals surface area (Å²) in [5.74, 6) is -1.42. The zero-order chi connectivity index (χ0) is 18.0. The van der Waals surface area contributed by atoms with Crippen LogP contribution in [0.2, 0.25) is 0 Å². The molecule has 3 rings (SSSR count). The highest BCUT2D eigenvalue weighted by atomic mass is 16.4. The molecule has 0 unspecified atom stereocenters. The van der Waals surface area contributed by atoms with Gasteiger partial charge in [0.2, 0.25) is 0 Å². The fraction of sp³-hybridized carbons (Fsp3) is 0.111. The molecule has 0 atom stereocenters. The van der Waals surface area contributed by atoms with E-state index in [0.717, 1.165) is 11.3 Å². The first-order valence-corrected chi connectivity index (χ1v) is 7.60. The van der Waals surface area contributed by atoms with Crippen molar-refractivity contribution in [3.63, 3.8) is 0 Å². The lowest BCUT2D eigenvalue weighted by molar-refractivity contribution is 0.0696. The third-order valence-electron chi connectivity index (χ3n) is 3.75. The second kappa shape index (κ2) is 6.56. The SMILES string of the molecule is Cc1cccc(-n2nnc(C(=O)Nc3ccc(C(=O)O)cc3)c2C)c1. The summed E-state index contributed by atoms with van der Waals surface area (Å²) in [4.78, 5) is 23.3. The largest absolute Gasteiger partial charge is 0.478 e.